The van der Waals surface area contributed by atoms with Crippen LogP contribution in [0.3, 0.4) is 0 Å². The van der Waals surface area contributed by atoms with Crippen LogP contribution in [0.4, 0.5) is 0 Å². The summed E-state index contributed by atoms with van der Waals surface area (Å²) in [6.45, 7) is 4.43. The molecule has 1 N–H and O–H groups in total. The minimum absolute atomic E-state index is 0.00784. The van der Waals surface area contributed by atoms with Gasteiger partial charge in [-0.2, -0.15) is 0 Å². The van der Waals surface area contributed by atoms with Gasteiger partial charge in [-0.25, -0.2) is 0 Å². The number of aryl methyl sites for hydroxylation is 1. The molecule has 0 atom stereocenters. The molecular weight excluding hydrogens is 284 g/mol. The van der Waals surface area contributed by atoms with Crippen molar-refractivity contribution in [2.45, 2.75) is 13.3 Å². The fraction of sp³-hybridized carbons (Fsp3) is 0.250. The molecule has 1 amide bonds. The minimum Gasteiger partial charge on any atom is -0.339 e. The highest BCUT2D eigenvalue weighted by atomic mass is 16.1. The molecule has 0 saturated heterocycles. The van der Waals surface area contributed by atoms with Crippen molar-refractivity contribution in [2.24, 2.45) is 0 Å². The van der Waals surface area contributed by atoms with Gasteiger partial charge in [-0.05, 0) is 36.6 Å². The lowest BCUT2D eigenvalue weighted by Gasteiger charge is -2.26. The van der Waals surface area contributed by atoms with E-state index in [4.69, 9.17) is 0 Å². The molecule has 0 spiro atoms. The molecule has 2 aromatic carbocycles. The molecule has 3 rings (SSSR count). The van der Waals surface area contributed by atoms with E-state index < -0.39 is 0 Å². The molecule has 3 heteroatoms. The molecule has 0 radical (unpaired) electrons. The summed E-state index contributed by atoms with van der Waals surface area (Å²) in [5.74, 6) is -0.00784. The molecule has 0 aromatic heterocycles. The summed E-state index contributed by atoms with van der Waals surface area (Å²) in [4.78, 5) is 14.4. The maximum atomic E-state index is 12.2. The number of amides is 1. The first kappa shape index (κ1) is 15.5. The van der Waals surface area contributed by atoms with E-state index in [0.29, 0.717) is 6.67 Å². The Labute approximate surface area is 137 Å². The van der Waals surface area contributed by atoms with E-state index in [-0.39, 0.29) is 5.91 Å². The van der Waals surface area contributed by atoms with Gasteiger partial charge < -0.3 is 5.32 Å². The topological polar surface area (TPSA) is 32.3 Å². The molecular formula is C20H22N2O. The summed E-state index contributed by atoms with van der Waals surface area (Å²) in [6, 6.07) is 18.2. The summed E-state index contributed by atoms with van der Waals surface area (Å²) < 4.78 is 0. The first-order valence-electron chi connectivity index (χ1n) is 8.04. The maximum Gasteiger partial charge on any atom is 0.252 e. The number of benzene rings is 2. The summed E-state index contributed by atoms with van der Waals surface area (Å²) in [5, 5.41) is 3.01. The second-order valence-corrected chi connectivity index (χ2v) is 5.96. The normalized spacial score (nSPS) is 15.1. The SMILES string of the molecule is Cc1cccc(C(=O)NCN2CC=C(c3ccccc3)CC2)c1. The fourth-order valence-electron chi connectivity index (χ4n) is 2.84. The van der Waals surface area contributed by atoms with Crippen LogP contribution in [-0.2, 0) is 0 Å². The van der Waals surface area contributed by atoms with Gasteiger partial charge in [0.15, 0.2) is 0 Å². The predicted octanol–water partition coefficient (Wildman–Crippen LogP) is 3.47. The molecule has 1 heterocycles. The van der Waals surface area contributed by atoms with Crippen molar-refractivity contribution in [3.63, 3.8) is 0 Å². The van der Waals surface area contributed by atoms with Crippen molar-refractivity contribution in [2.75, 3.05) is 19.8 Å². The quantitative estimate of drug-likeness (QED) is 0.938. The number of hydrogen-bond donors (Lipinski definition) is 1. The van der Waals surface area contributed by atoms with Crippen LogP contribution in [0, 0.1) is 6.92 Å². The van der Waals surface area contributed by atoms with E-state index in [1.807, 2.05) is 37.3 Å². The Kier molecular flexibility index (Phi) is 4.89. The smallest absolute Gasteiger partial charge is 0.252 e. The van der Waals surface area contributed by atoms with E-state index in [2.05, 4.69) is 40.6 Å². The first-order chi connectivity index (χ1) is 11.2. The average molecular weight is 306 g/mol. The van der Waals surface area contributed by atoms with Gasteiger partial charge in [0.1, 0.15) is 0 Å². The number of carbonyl (C=O) groups is 1. The van der Waals surface area contributed by atoms with E-state index in [0.717, 1.165) is 30.6 Å². The van der Waals surface area contributed by atoms with Crippen molar-refractivity contribution in [3.05, 3.63) is 77.4 Å². The highest BCUT2D eigenvalue weighted by Gasteiger charge is 2.14. The Morgan fingerprint density at radius 3 is 2.65 bits per heavy atom. The Bertz CT molecular complexity index is 707. The number of nitrogens with zero attached hydrogens (tertiary/aromatic N) is 1. The summed E-state index contributed by atoms with van der Waals surface area (Å²) >= 11 is 0. The Morgan fingerprint density at radius 2 is 1.96 bits per heavy atom. The molecule has 0 bridgehead atoms. The molecule has 0 unspecified atom stereocenters. The lowest BCUT2D eigenvalue weighted by atomic mass is 10.00. The van der Waals surface area contributed by atoms with E-state index in [1.54, 1.807) is 0 Å². The van der Waals surface area contributed by atoms with Gasteiger partial charge in [0.2, 0.25) is 0 Å². The van der Waals surface area contributed by atoms with Crippen LogP contribution in [0.15, 0.2) is 60.7 Å². The summed E-state index contributed by atoms with van der Waals surface area (Å²) in [6.07, 6.45) is 3.28. The zero-order valence-corrected chi connectivity index (χ0v) is 13.5. The highest BCUT2D eigenvalue weighted by molar-refractivity contribution is 5.94. The van der Waals surface area contributed by atoms with Crippen molar-refractivity contribution in [1.29, 1.82) is 0 Å². The van der Waals surface area contributed by atoms with Crippen LogP contribution in [0.5, 0.6) is 0 Å². The van der Waals surface area contributed by atoms with Gasteiger partial charge in [0.25, 0.3) is 5.91 Å². The molecule has 118 valence electrons. The van der Waals surface area contributed by atoms with Crippen molar-refractivity contribution >= 4 is 11.5 Å². The van der Waals surface area contributed by atoms with Crippen LogP contribution in [0.2, 0.25) is 0 Å². The zero-order chi connectivity index (χ0) is 16.1. The Morgan fingerprint density at radius 1 is 1.13 bits per heavy atom. The number of rotatable bonds is 4. The summed E-state index contributed by atoms with van der Waals surface area (Å²) in [5.41, 5.74) is 4.52. The van der Waals surface area contributed by atoms with Gasteiger partial charge in [0.05, 0.1) is 6.67 Å². The molecule has 0 aliphatic carbocycles. The number of hydrogen-bond acceptors (Lipinski definition) is 2. The van der Waals surface area contributed by atoms with Crippen LogP contribution in [-0.4, -0.2) is 30.6 Å². The van der Waals surface area contributed by atoms with Gasteiger partial charge in [-0.1, -0.05) is 54.1 Å². The second kappa shape index (κ2) is 7.25. The summed E-state index contributed by atoms with van der Waals surface area (Å²) in [7, 11) is 0. The lowest BCUT2D eigenvalue weighted by molar-refractivity contribution is 0.0926. The molecule has 0 saturated carbocycles. The van der Waals surface area contributed by atoms with Crippen LogP contribution in [0.1, 0.15) is 27.9 Å². The van der Waals surface area contributed by atoms with E-state index in [9.17, 15) is 4.79 Å². The average Bonchev–Trinajstić information content (AvgIpc) is 2.61. The Hall–Kier alpha value is -2.39. The van der Waals surface area contributed by atoms with Crippen LogP contribution in [0.25, 0.3) is 5.57 Å². The zero-order valence-electron chi connectivity index (χ0n) is 13.5. The van der Waals surface area contributed by atoms with E-state index in [1.165, 1.54) is 11.1 Å². The van der Waals surface area contributed by atoms with E-state index >= 15 is 0 Å². The fourth-order valence-corrected chi connectivity index (χ4v) is 2.84. The van der Waals surface area contributed by atoms with Gasteiger partial charge in [-0.3, -0.25) is 9.69 Å². The maximum absolute atomic E-state index is 12.2. The van der Waals surface area contributed by atoms with Crippen molar-refractivity contribution in [1.82, 2.24) is 10.2 Å². The lowest BCUT2D eigenvalue weighted by Crippen LogP contribution is -2.39. The Balaban J connectivity index is 1.53. The van der Waals surface area contributed by atoms with Crippen LogP contribution < -0.4 is 5.32 Å². The van der Waals surface area contributed by atoms with Gasteiger partial charge in [-0.15, -0.1) is 0 Å². The molecule has 1 aliphatic heterocycles. The largest absolute Gasteiger partial charge is 0.339 e. The third-order valence-corrected chi connectivity index (χ3v) is 4.18. The van der Waals surface area contributed by atoms with Gasteiger partial charge >= 0.3 is 0 Å². The van der Waals surface area contributed by atoms with Crippen molar-refractivity contribution < 1.29 is 4.79 Å². The van der Waals surface area contributed by atoms with Crippen molar-refractivity contribution in [3.8, 4) is 0 Å². The molecule has 2 aromatic rings. The molecule has 23 heavy (non-hydrogen) atoms. The molecule has 0 fully saturated rings. The number of carbonyl (C=O) groups excluding carboxylic acids is 1. The highest BCUT2D eigenvalue weighted by Crippen LogP contribution is 2.21. The second-order valence-electron chi connectivity index (χ2n) is 5.96. The monoisotopic (exact) mass is 306 g/mol. The third kappa shape index (κ3) is 4.08. The standard InChI is InChI=1S/C20H22N2O/c1-16-6-5-9-19(14-16)20(23)21-15-22-12-10-18(11-13-22)17-7-3-2-4-8-17/h2-10,14H,11-13,15H2,1H3,(H,21,23). The molecule has 1 aliphatic rings. The minimum atomic E-state index is -0.00784. The number of nitrogens with one attached hydrogen (secondary N) is 1. The molecule has 3 nitrogen and oxygen atoms in total. The third-order valence-electron chi connectivity index (χ3n) is 4.18. The van der Waals surface area contributed by atoms with Crippen LogP contribution >= 0.6 is 0 Å². The van der Waals surface area contributed by atoms with Gasteiger partial charge in [0, 0.05) is 18.7 Å². The predicted molar refractivity (Wildman–Crippen MR) is 94.1 cm³/mol. The first-order valence-corrected chi connectivity index (χ1v) is 8.04.